The average Bonchev–Trinajstić information content (AvgIpc) is 3.41. The second-order valence-electron chi connectivity index (χ2n) is 9.88. The van der Waals surface area contributed by atoms with Gasteiger partial charge in [-0.15, -0.1) is 0 Å². The topological polar surface area (TPSA) is 80.3 Å². The van der Waals surface area contributed by atoms with Crippen molar-refractivity contribution in [2.45, 2.75) is 52.5 Å². The summed E-state index contributed by atoms with van der Waals surface area (Å²) in [6.07, 6.45) is 6.60. The van der Waals surface area contributed by atoms with Crippen LogP contribution in [0.2, 0.25) is 0 Å². The molecule has 1 fully saturated rings. The molecule has 0 radical (unpaired) electrons. The minimum atomic E-state index is -0.656. The molecule has 1 saturated heterocycles. The zero-order valence-corrected chi connectivity index (χ0v) is 23.9. The molecule has 2 aromatic heterocycles. The van der Waals surface area contributed by atoms with Gasteiger partial charge in [-0.2, -0.15) is 0 Å². The zero-order valence-electron chi connectivity index (χ0n) is 23.1. The Morgan fingerprint density at radius 2 is 1.85 bits per heavy atom. The monoisotopic (exact) mass is 548 g/mol. The van der Waals surface area contributed by atoms with E-state index in [-0.39, 0.29) is 11.5 Å². The standard InChI is InChI=1S/C30H36N4O4S/c1-5-32(6-2)29(36)26-20(3)31-30-34(27(26)22-13-9-10-14-23(22)37-4)28(35)24(39-30)19-21-15-16-25(38-21)33-17-11-7-8-12-18-33/h9-10,13-16,19,27H,5-8,11-12,17-18H2,1-4H3/b24-19+/t27-/m0/s1. The number of likely N-dealkylation sites (N-methyl/N-ethyl adjacent to an activating group) is 1. The van der Waals surface area contributed by atoms with Crippen LogP contribution in [0.1, 0.15) is 63.8 Å². The van der Waals surface area contributed by atoms with Gasteiger partial charge in [-0.3, -0.25) is 14.2 Å². The van der Waals surface area contributed by atoms with E-state index in [2.05, 4.69) is 4.90 Å². The number of amides is 1. The molecule has 2 aliphatic rings. The molecular formula is C30H36N4O4S. The molecule has 0 spiro atoms. The van der Waals surface area contributed by atoms with Crippen molar-refractivity contribution < 1.29 is 13.9 Å². The van der Waals surface area contributed by atoms with Gasteiger partial charge in [0, 0.05) is 43.9 Å². The predicted molar refractivity (Wildman–Crippen MR) is 154 cm³/mol. The number of carbonyl (C=O) groups excluding carboxylic acids is 1. The summed E-state index contributed by atoms with van der Waals surface area (Å²) in [5.41, 5.74) is 1.64. The number of methoxy groups -OCH3 is 1. The normalized spacial score (nSPS) is 18.0. The largest absolute Gasteiger partial charge is 0.496 e. The lowest BCUT2D eigenvalue weighted by Crippen LogP contribution is -2.43. The molecule has 3 aromatic rings. The highest BCUT2D eigenvalue weighted by atomic mass is 32.1. The van der Waals surface area contributed by atoms with Crippen LogP contribution < -0.4 is 24.5 Å². The third-order valence-electron chi connectivity index (χ3n) is 7.54. The molecule has 1 atom stereocenters. The average molecular weight is 549 g/mol. The number of benzene rings is 1. The zero-order chi connectivity index (χ0) is 27.5. The first-order valence-electron chi connectivity index (χ1n) is 13.8. The van der Waals surface area contributed by atoms with E-state index in [0.717, 1.165) is 37.4 Å². The summed E-state index contributed by atoms with van der Waals surface area (Å²) in [6, 6.07) is 10.8. The number of nitrogens with zero attached hydrogens (tertiary/aromatic N) is 4. The number of rotatable bonds is 7. The van der Waals surface area contributed by atoms with E-state index in [4.69, 9.17) is 14.1 Å². The molecule has 0 bridgehead atoms. The molecule has 0 unspecified atom stereocenters. The van der Waals surface area contributed by atoms with E-state index < -0.39 is 6.04 Å². The smallest absolute Gasteiger partial charge is 0.271 e. The third kappa shape index (κ3) is 5.20. The van der Waals surface area contributed by atoms with Gasteiger partial charge in [0.2, 0.25) is 0 Å². The van der Waals surface area contributed by atoms with Crippen molar-refractivity contribution in [1.29, 1.82) is 0 Å². The minimum absolute atomic E-state index is 0.125. The molecular weight excluding hydrogens is 512 g/mol. The van der Waals surface area contributed by atoms with Crippen molar-refractivity contribution in [3.63, 3.8) is 0 Å². The van der Waals surface area contributed by atoms with Gasteiger partial charge in [0.15, 0.2) is 10.7 Å². The van der Waals surface area contributed by atoms with Gasteiger partial charge in [0.1, 0.15) is 17.6 Å². The molecule has 0 saturated carbocycles. The van der Waals surface area contributed by atoms with Crippen LogP contribution in [0.3, 0.4) is 0 Å². The number of para-hydroxylation sites is 1. The van der Waals surface area contributed by atoms with Crippen molar-refractivity contribution in [2.75, 3.05) is 38.2 Å². The molecule has 1 amide bonds. The van der Waals surface area contributed by atoms with E-state index >= 15 is 0 Å². The number of aromatic nitrogens is 1. The first kappa shape index (κ1) is 27.0. The van der Waals surface area contributed by atoms with E-state index in [9.17, 15) is 9.59 Å². The second-order valence-corrected chi connectivity index (χ2v) is 10.9. The summed E-state index contributed by atoms with van der Waals surface area (Å²) in [5, 5.41) is 0. The molecule has 1 aromatic carbocycles. The third-order valence-corrected chi connectivity index (χ3v) is 8.52. The summed E-state index contributed by atoms with van der Waals surface area (Å²) in [5.74, 6) is 1.96. The highest BCUT2D eigenvalue weighted by Crippen LogP contribution is 2.36. The van der Waals surface area contributed by atoms with Crippen LogP contribution in [0.25, 0.3) is 6.08 Å². The predicted octanol–water partition coefficient (Wildman–Crippen LogP) is 4.09. The fraction of sp³-hybridized carbons (Fsp3) is 0.433. The van der Waals surface area contributed by atoms with Crippen LogP contribution in [0.5, 0.6) is 5.75 Å². The number of anilines is 1. The van der Waals surface area contributed by atoms with Crippen LogP contribution in [0.4, 0.5) is 5.88 Å². The summed E-state index contributed by atoms with van der Waals surface area (Å²) in [6.45, 7) is 8.84. The van der Waals surface area contributed by atoms with Gasteiger partial charge in [0.05, 0.1) is 22.9 Å². The van der Waals surface area contributed by atoms with E-state index in [1.807, 2.05) is 57.2 Å². The van der Waals surface area contributed by atoms with E-state index in [1.165, 1.54) is 24.2 Å². The Morgan fingerprint density at radius 1 is 1.13 bits per heavy atom. The SMILES string of the molecule is CCN(CC)C(=O)C1=C(C)N=c2s/c(=C/c3ccc(N4CCCCCC4)o3)c(=O)n2[C@H]1c1ccccc1OC. The van der Waals surface area contributed by atoms with Crippen LogP contribution in [-0.2, 0) is 4.79 Å². The van der Waals surface area contributed by atoms with Gasteiger partial charge >= 0.3 is 0 Å². The van der Waals surface area contributed by atoms with Crippen molar-refractivity contribution in [3.8, 4) is 5.75 Å². The van der Waals surface area contributed by atoms with E-state index in [0.29, 0.717) is 45.2 Å². The fourth-order valence-electron chi connectivity index (χ4n) is 5.47. The van der Waals surface area contributed by atoms with Crippen LogP contribution in [-0.4, -0.2) is 48.7 Å². The number of fused-ring (bicyclic) bond motifs is 1. The fourth-order valence-corrected chi connectivity index (χ4v) is 6.50. The lowest BCUT2D eigenvalue weighted by Gasteiger charge is -2.29. The first-order chi connectivity index (χ1) is 19.0. The Labute approximate surface area is 232 Å². The number of ether oxygens (including phenoxy) is 1. The van der Waals surface area contributed by atoms with Crippen molar-refractivity contribution in [3.05, 3.63) is 78.7 Å². The first-order valence-corrected chi connectivity index (χ1v) is 14.6. The summed E-state index contributed by atoms with van der Waals surface area (Å²) < 4.78 is 14.0. The number of allylic oxidation sites excluding steroid dienone is 1. The molecule has 206 valence electrons. The lowest BCUT2D eigenvalue weighted by atomic mass is 9.94. The van der Waals surface area contributed by atoms with Crippen molar-refractivity contribution >= 4 is 29.2 Å². The highest BCUT2D eigenvalue weighted by Gasteiger charge is 2.35. The molecule has 5 rings (SSSR count). The molecule has 9 heteroatoms. The number of hydrogen-bond acceptors (Lipinski definition) is 7. The minimum Gasteiger partial charge on any atom is -0.496 e. The van der Waals surface area contributed by atoms with Gasteiger partial charge in [-0.1, -0.05) is 42.4 Å². The molecule has 2 aliphatic heterocycles. The number of hydrogen-bond donors (Lipinski definition) is 0. The maximum Gasteiger partial charge on any atom is 0.271 e. The Bertz CT molecular complexity index is 1550. The lowest BCUT2D eigenvalue weighted by molar-refractivity contribution is -0.127. The van der Waals surface area contributed by atoms with Gasteiger partial charge in [-0.05, 0) is 45.7 Å². The number of carbonyl (C=O) groups is 1. The van der Waals surface area contributed by atoms with Gasteiger partial charge in [-0.25, -0.2) is 4.99 Å². The Hall–Kier alpha value is -3.59. The Balaban J connectivity index is 1.63. The Morgan fingerprint density at radius 3 is 2.54 bits per heavy atom. The quantitative estimate of drug-likeness (QED) is 0.445. The highest BCUT2D eigenvalue weighted by molar-refractivity contribution is 7.07. The number of thiazole rings is 1. The van der Waals surface area contributed by atoms with Crippen molar-refractivity contribution in [1.82, 2.24) is 9.47 Å². The summed E-state index contributed by atoms with van der Waals surface area (Å²) in [4.78, 5) is 37.1. The Kier molecular flexibility index (Phi) is 8.07. The molecule has 8 nitrogen and oxygen atoms in total. The van der Waals surface area contributed by atoms with E-state index in [1.54, 1.807) is 22.7 Å². The molecule has 0 N–H and O–H groups in total. The maximum atomic E-state index is 14.0. The molecule has 39 heavy (non-hydrogen) atoms. The summed E-state index contributed by atoms with van der Waals surface area (Å²) >= 11 is 1.31. The van der Waals surface area contributed by atoms with Crippen LogP contribution >= 0.6 is 11.3 Å². The second kappa shape index (κ2) is 11.7. The molecule has 4 heterocycles. The van der Waals surface area contributed by atoms with Crippen molar-refractivity contribution in [2.24, 2.45) is 4.99 Å². The maximum absolute atomic E-state index is 14.0. The molecule has 0 aliphatic carbocycles. The number of furan rings is 1. The van der Waals surface area contributed by atoms with Crippen LogP contribution in [0, 0.1) is 0 Å². The van der Waals surface area contributed by atoms with Crippen LogP contribution in [0.15, 0.2) is 61.9 Å². The summed E-state index contributed by atoms with van der Waals surface area (Å²) in [7, 11) is 1.60. The van der Waals surface area contributed by atoms with Gasteiger partial charge in [0.25, 0.3) is 11.5 Å². The van der Waals surface area contributed by atoms with Gasteiger partial charge < -0.3 is 19.0 Å².